The summed E-state index contributed by atoms with van der Waals surface area (Å²) >= 11 is 0. The second-order valence-corrected chi connectivity index (χ2v) is 5.93. The molecule has 0 radical (unpaired) electrons. The van der Waals surface area contributed by atoms with Crippen molar-refractivity contribution >= 4 is 5.95 Å². The molecule has 0 aliphatic carbocycles. The first kappa shape index (κ1) is 16.2. The highest BCUT2D eigenvalue weighted by molar-refractivity contribution is 5.61. The average Bonchev–Trinajstić information content (AvgIpc) is 2.97. The number of hydrogen-bond donors (Lipinski definition) is 1. The van der Waals surface area contributed by atoms with Gasteiger partial charge in [0.15, 0.2) is 0 Å². The first-order valence-corrected chi connectivity index (χ1v) is 8.36. The molecule has 24 heavy (non-hydrogen) atoms. The Morgan fingerprint density at radius 2 is 1.96 bits per heavy atom. The van der Waals surface area contributed by atoms with E-state index in [0.29, 0.717) is 5.95 Å². The van der Waals surface area contributed by atoms with Crippen LogP contribution in [-0.4, -0.2) is 19.7 Å². The summed E-state index contributed by atoms with van der Waals surface area (Å²) in [6.07, 6.45) is 4.91. The number of aryl methyl sites for hydroxylation is 2. The van der Waals surface area contributed by atoms with E-state index >= 15 is 0 Å². The summed E-state index contributed by atoms with van der Waals surface area (Å²) in [5.41, 5.74) is 4.15. The van der Waals surface area contributed by atoms with Crippen molar-refractivity contribution in [2.45, 2.75) is 39.8 Å². The van der Waals surface area contributed by atoms with Crippen LogP contribution in [0.3, 0.4) is 0 Å². The van der Waals surface area contributed by atoms with E-state index in [1.807, 2.05) is 35.9 Å². The van der Waals surface area contributed by atoms with Crippen molar-refractivity contribution in [3.05, 3.63) is 60.0 Å². The number of hydrogen-bond acceptors (Lipinski definition) is 4. The Bertz CT molecular complexity index is 795. The van der Waals surface area contributed by atoms with Gasteiger partial charge in [0, 0.05) is 24.5 Å². The molecule has 1 N–H and O–H groups in total. The Labute approximate surface area is 142 Å². The Kier molecular flexibility index (Phi) is 4.89. The summed E-state index contributed by atoms with van der Waals surface area (Å²) in [4.78, 5) is 9.02. The third-order valence-electron chi connectivity index (χ3n) is 3.98. The van der Waals surface area contributed by atoms with Gasteiger partial charge >= 0.3 is 0 Å². The number of anilines is 1. The molecule has 124 valence electrons. The van der Waals surface area contributed by atoms with Crippen molar-refractivity contribution in [3.8, 4) is 11.3 Å². The highest BCUT2D eigenvalue weighted by Crippen LogP contribution is 2.22. The van der Waals surface area contributed by atoms with E-state index in [9.17, 15) is 0 Å². The van der Waals surface area contributed by atoms with E-state index in [2.05, 4.69) is 52.6 Å². The minimum Gasteiger partial charge on any atom is -0.348 e. The minimum absolute atomic E-state index is 0.144. The van der Waals surface area contributed by atoms with Crippen LogP contribution in [0.1, 0.15) is 37.6 Å². The van der Waals surface area contributed by atoms with Gasteiger partial charge in [-0.1, -0.05) is 37.3 Å². The van der Waals surface area contributed by atoms with Gasteiger partial charge in [-0.2, -0.15) is 5.10 Å². The average molecular weight is 321 g/mol. The summed E-state index contributed by atoms with van der Waals surface area (Å²) in [5.74, 6) is 0.631. The summed E-state index contributed by atoms with van der Waals surface area (Å²) in [7, 11) is 0. The highest BCUT2D eigenvalue weighted by Gasteiger charge is 2.11. The lowest BCUT2D eigenvalue weighted by atomic mass is 10.1. The van der Waals surface area contributed by atoms with Gasteiger partial charge in [0.1, 0.15) is 0 Å². The molecule has 0 saturated carbocycles. The van der Waals surface area contributed by atoms with Crippen LogP contribution >= 0.6 is 0 Å². The quantitative estimate of drug-likeness (QED) is 0.738. The van der Waals surface area contributed by atoms with E-state index in [-0.39, 0.29) is 6.04 Å². The first-order chi connectivity index (χ1) is 11.7. The molecule has 2 heterocycles. The molecule has 0 amide bonds. The first-order valence-electron chi connectivity index (χ1n) is 8.36. The SMILES string of the molecule is CCCn1cc(-c2ccnc(N[C@@H](C)c3ccccc3)n2)c(C)n1. The maximum atomic E-state index is 4.67. The zero-order valence-electron chi connectivity index (χ0n) is 14.4. The predicted octanol–water partition coefficient (Wildman–Crippen LogP) is 4.23. The number of nitrogens with one attached hydrogen (secondary N) is 1. The molecule has 0 saturated heterocycles. The molecular formula is C19H23N5. The van der Waals surface area contributed by atoms with Gasteiger partial charge in [-0.05, 0) is 31.9 Å². The molecular weight excluding hydrogens is 298 g/mol. The molecule has 3 aromatic rings. The lowest BCUT2D eigenvalue weighted by molar-refractivity contribution is 0.598. The van der Waals surface area contributed by atoms with E-state index in [1.54, 1.807) is 6.20 Å². The number of aromatic nitrogens is 4. The molecule has 3 rings (SSSR count). The van der Waals surface area contributed by atoms with Gasteiger partial charge in [-0.3, -0.25) is 4.68 Å². The molecule has 0 unspecified atom stereocenters. The van der Waals surface area contributed by atoms with Crippen molar-refractivity contribution in [2.24, 2.45) is 0 Å². The number of benzene rings is 1. The van der Waals surface area contributed by atoms with Gasteiger partial charge in [0.25, 0.3) is 0 Å². The van der Waals surface area contributed by atoms with Crippen LogP contribution in [0.4, 0.5) is 5.95 Å². The van der Waals surface area contributed by atoms with E-state index in [1.165, 1.54) is 5.56 Å². The lowest BCUT2D eigenvalue weighted by Gasteiger charge is -2.14. The monoisotopic (exact) mass is 321 g/mol. The summed E-state index contributed by atoms with van der Waals surface area (Å²) in [6, 6.07) is 12.4. The topological polar surface area (TPSA) is 55.6 Å². The Balaban J connectivity index is 1.82. The van der Waals surface area contributed by atoms with Crippen LogP contribution in [0.2, 0.25) is 0 Å². The standard InChI is InChI=1S/C19H23N5/c1-4-12-24-13-17(15(3)23-24)18-10-11-20-19(22-18)21-14(2)16-8-6-5-7-9-16/h5-11,13-14H,4,12H2,1-3H3,(H,20,21,22)/t14-/m0/s1. The molecule has 5 nitrogen and oxygen atoms in total. The number of rotatable bonds is 6. The fourth-order valence-electron chi connectivity index (χ4n) is 2.71. The summed E-state index contributed by atoms with van der Waals surface area (Å²) in [5, 5.41) is 7.92. The zero-order valence-corrected chi connectivity index (χ0v) is 14.4. The minimum atomic E-state index is 0.144. The predicted molar refractivity (Wildman–Crippen MR) is 96.8 cm³/mol. The Hall–Kier alpha value is -2.69. The number of nitrogens with zero attached hydrogens (tertiary/aromatic N) is 4. The molecule has 2 aromatic heterocycles. The highest BCUT2D eigenvalue weighted by atomic mass is 15.3. The smallest absolute Gasteiger partial charge is 0.223 e. The Morgan fingerprint density at radius 1 is 1.17 bits per heavy atom. The van der Waals surface area contributed by atoms with Crippen molar-refractivity contribution in [1.29, 1.82) is 0 Å². The summed E-state index contributed by atoms with van der Waals surface area (Å²) in [6.45, 7) is 7.19. The maximum Gasteiger partial charge on any atom is 0.223 e. The van der Waals surface area contributed by atoms with Crippen LogP contribution < -0.4 is 5.32 Å². The van der Waals surface area contributed by atoms with E-state index in [4.69, 9.17) is 0 Å². The van der Waals surface area contributed by atoms with Crippen LogP contribution in [0.5, 0.6) is 0 Å². The van der Waals surface area contributed by atoms with E-state index < -0.39 is 0 Å². The lowest BCUT2D eigenvalue weighted by Crippen LogP contribution is -2.09. The van der Waals surface area contributed by atoms with Crippen LogP contribution in [0, 0.1) is 6.92 Å². The third kappa shape index (κ3) is 3.62. The van der Waals surface area contributed by atoms with Crippen LogP contribution in [0.15, 0.2) is 48.8 Å². The molecule has 0 fully saturated rings. The second kappa shape index (κ2) is 7.25. The van der Waals surface area contributed by atoms with Gasteiger partial charge in [-0.15, -0.1) is 0 Å². The largest absolute Gasteiger partial charge is 0.348 e. The molecule has 0 aliphatic heterocycles. The zero-order chi connectivity index (χ0) is 16.9. The molecule has 1 aromatic carbocycles. The van der Waals surface area contributed by atoms with E-state index in [0.717, 1.165) is 29.9 Å². The van der Waals surface area contributed by atoms with Gasteiger partial charge in [0.2, 0.25) is 5.95 Å². The van der Waals surface area contributed by atoms with Gasteiger partial charge < -0.3 is 5.32 Å². The van der Waals surface area contributed by atoms with Gasteiger partial charge in [-0.25, -0.2) is 9.97 Å². The molecule has 0 bridgehead atoms. The molecule has 0 aliphatic rings. The Morgan fingerprint density at radius 3 is 2.71 bits per heavy atom. The normalized spacial score (nSPS) is 12.1. The fourth-order valence-corrected chi connectivity index (χ4v) is 2.71. The molecule has 5 heteroatoms. The molecule has 1 atom stereocenters. The van der Waals surface area contributed by atoms with Crippen LogP contribution in [0.25, 0.3) is 11.3 Å². The van der Waals surface area contributed by atoms with Crippen molar-refractivity contribution in [1.82, 2.24) is 19.7 Å². The van der Waals surface area contributed by atoms with Crippen molar-refractivity contribution in [3.63, 3.8) is 0 Å². The second-order valence-electron chi connectivity index (χ2n) is 5.93. The van der Waals surface area contributed by atoms with Crippen molar-refractivity contribution < 1.29 is 0 Å². The summed E-state index contributed by atoms with van der Waals surface area (Å²) < 4.78 is 1.98. The van der Waals surface area contributed by atoms with Crippen molar-refractivity contribution in [2.75, 3.05) is 5.32 Å². The molecule has 0 spiro atoms. The third-order valence-corrected chi connectivity index (χ3v) is 3.98. The fraction of sp³-hybridized carbons (Fsp3) is 0.316. The van der Waals surface area contributed by atoms with Gasteiger partial charge in [0.05, 0.1) is 17.4 Å². The maximum absolute atomic E-state index is 4.67. The van der Waals surface area contributed by atoms with Crippen LogP contribution in [-0.2, 0) is 6.54 Å².